The summed E-state index contributed by atoms with van der Waals surface area (Å²) in [6.45, 7) is 2.12. The first-order valence-electron chi connectivity index (χ1n) is 9.90. The number of likely N-dealkylation sites (N-methyl/N-ethyl adjacent to an activating group) is 1. The van der Waals surface area contributed by atoms with Gasteiger partial charge in [0.2, 0.25) is 0 Å². The van der Waals surface area contributed by atoms with Crippen molar-refractivity contribution in [2.75, 3.05) is 20.6 Å². The van der Waals surface area contributed by atoms with E-state index in [0.29, 0.717) is 12.1 Å². The Balaban J connectivity index is 0.000000362. The van der Waals surface area contributed by atoms with Gasteiger partial charge in [0.15, 0.2) is 0 Å². The summed E-state index contributed by atoms with van der Waals surface area (Å²) >= 11 is 1.75. The van der Waals surface area contributed by atoms with Crippen molar-refractivity contribution in [1.29, 1.82) is 0 Å². The molecule has 15 heteroatoms. The van der Waals surface area contributed by atoms with E-state index in [0.717, 1.165) is 19.5 Å². The van der Waals surface area contributed by atoms with E-state index in [4.69, 9.17) is 19.8 Å². The molecule has 3 rings (SSSR count). The Labute approximate surface area is 200 Å². The summed E-state index contributed by atoms with van der Waals surface area (Å²) in [6, 6.07) is 5.42. The van der Waals surface area contributed by atoms with Crippen LogP contribution in [0.4, 0.5) is 26.3 Å². The van der Waals surface area contributed by atoms with Crippen LogP contribution in [0.15, 0.2) is 36.1 Å². The quantitative estimate of drug-likeness (QED) is 0.566. The molecule has 0 radical (unpaired) electrons. The lowest BCUT2D eigenvalue weighted by Gasteiger charge is -2.31. The zero-order valence-electron chi connectivity index (χ0n) is 18.6. The van der Waals surface area contributed by atoms with Crippen LogP contribution in [0.3, 0.4) is 0 Å². The molecule has 1 aliphatic rings. The van der Waals surface area contributed by atoms with E-state index in [1.54, 1.807) is 11.3 Å². The first-order valence-corrected chi connectivity index (χ1v) is 10.8. The van der Waals surface area contributed by atoms with E-state index in [1.807, 2.05) is 18.6 Å². The summed E-state index contributed by atoms with van der Waals surface area (Å²) in [6.07, 6.45) is -2.18. The smallest absolute Gasteiger partial charge is 0.475 e. The first kappa shape index (κ1) is 30.3. The van der Waals surface area contributed by atoms with Gasteiger partial charge in [0.25, 0.3) is 0 Å². The molecule has 3 heterocycles. The number of halogens is 6. The minimum Gasteiger partial charge on any atom is -0.475 e. The van der Waals surface area contributed by atoms with Crippen LogP contribution in [0.5, 0.6) is 0 Å². The second-order valence-corrected chi connectivity index (χ2v) is 8.43. The van der Waals surface area contributed by atoms with Gasteiger partial charge >= 0.3 is 24.3 Å². The predicted octanol–water partition coefficient (Wildman–Crippen LogP) is 3.55. The lowest BCUT2D eigenvalue weighted by atomic mass is 10.00. The molecule has 35 heavy (non-hydrogen) atoms. The number of aromatic nitrogens is 2. The van der Waals surface area contributed by atoms with Crippen LogP contribution in [-0.2, 0) is 22.6 Å². The van der Waals surface area contributed by atoms with E-state index >= 15 is 0 Å². The average molecular weight is 530 g/mol. The molecule has 2 atom stereocenters. The zero-order valence-corrected chi connectivity index (χ0v) is 19.4. The Morgan fingerprint density at radius 3 is 1.97 bits per heavy atom. The fourth-order valence-electron chi connectivity index (χ4n) is 3.23. The highest BCUT2D eigenvalue weighted by atomic mass is 32.1. The molecule has 2 N–H and O–H groups in total. The molecule has 0 saturated carbocycles. The summed E-state index contributed by atoms with van der Waals surface area (Å²) in [5.74, 6) is -5.51. The van der Waals surface area contributed by atoms with Gasteiger partial charge in [0.1, 0.15) is 5.01 Å². The van der Waals surface area contributed by atoms with Gasteiger partial charge in [-0.05, 0) is 44.6 Å². The van der Waals surface area contributed by atoms with Crippen LogP contribution >= 0.6 is 11.3 Å². The van der Waals surface area contributed by atoms with E-state index in [-0.39, 0.29) is 0 Å². The molecule has 0 aromatic carbocycles. The molecule has 0 bridgehead atoms. The molecular weight excluding hydrogens is 506 g/mol. The Kier molecular flexibility index (Phi) is 11.5. The number of likely N-dealkylation sites (tertiary alicyclic amines) is 1. The van der Waals surface area contributed by atoms with Gasteiger partial charge < -0.3 is 15.1 Å². The van der Waals surface area contributed by atoms with Crippen molar-refractivity contribution in [3.05, 3.63) is 46.7 Å². The minimum absolute atomic E-state index is 0.548. The summed E-state index contributed by atoms with van der Waals surface area (Å²) < 4.78 is 63.5. The highest BCUT2D eigenvalue weighted by molar-refractivity contribution is 7.09. The number of pyridine rings is 1. The van der Waals surface area contributed by atoms with Crippen LogP contribution in [0.1, 0.15) is 17.0 Å². The molecule has 0 spiro atoms. The monoisotopic (exact) mass is 530 g/mol. The Morgan fingerprint density at radius 1 is 1.06 bits per heavy atom. The second kappa shape index (κ2) is 13.3. The lowest BCUT2D eigenvalue weighted by molar-refractivity contribution is -0.193. The molecular formula is C20H24F6N4O4S. The van der Waals surface area contributed by atoms with Crippen molar-refractivity contribution in [1.82, 2.24) is 19.8 Å². The van der Waals surface area contributed by atoms with Crippen molar-refractivity contribution in [2.45, 2.75) is 43.8 Å². The molecule has 0 aliphatic carbocycles. The Hall–Kier alpha value is -2.78. The van der Waals surface area contributed by atoms with Crippen LogP contribution in [-0.4, -0.2) is 87.0 Å². The molecule has 0 unspecified atom stereocenters. The normalized spacial score (nSPS) is 18.3. The summed E-state index contributed by atoms with van der Waals surface area (Å²) in [7, 11) is 4.38. The number of hydrogen-bond donors (Lipinski definition) is 2. The van der Waals surface area contributed by atoms with E-state index in [9.17, 15) is 26.3 Å². The third-order valence-electron chi connectivity index (χ3n) is 4.79. The fourth-order valence-corrected chi connectivity index (χ4v) is 3.87. The maximum atomic E-state index is 10.6. The maximum Gasteiger partial charge on any atom is 0.490 e. The molecule has 2 aromatic heterocycles. The highest BCUT2D eigenvalue weighted by Crippen LogP contribution is 2.27. The van der Waals surface area contributed by atoms with E-state index < -0.39 is 24.3 Å². The zero-order chi connectivity index (χ0) is 26.8. The third kappa shape index (κ3) is 11.0. The average Bonchev–Trinajstić information content (AvgIpc) is 3.39. The summed E-state index contributed by atoms with van der Waals surface area (Å²) in [4.78, 5) is 31.3. The lowest BCUT2D eigenvalue weighted by Crippen LogP contribution is -2.43. The number of aliphatic carboxylic acids is 2. The maximum absolute atomic E-state index is 10.6. The standard InChI is InChI=1S/C16H22N4S.2C2HF3O2/c1-19(2)14-5-9-20(12-16-18-8-10-21-16)15(14)11-13-3-6-17-7-4-13;2*3-2(4,5)1(6)7/h3-4,6-8,10,14-15H,5,9,11-12H2,1-2H3;2*(H,6,7)/t14-,15+;;/m1../s1. The van der Waals surface area contributed by atoms with Gasteiger partial charge in [-0.2, -0.15) is 26.3 Å². The Bertz CT molecular complexity index is 887. The van der Waals surface area contributed by atoms with Crippen molar-refractivity contribution < 1.29 is 46.1 Å². The van der Waals surface area contributed by atoms with Crippen LogP contribution < -0.4 is 0 Å². The molecule has 1 aliphatic heterocycles. The molecule has 2 aromatic rings. The molecule has 1 saturated heterocycles. The summed E-state index contributed by atoms with van der Waals surface area (Å²) in [5.41, 5.74) is 1.37. The molecule has 0 amide bonds. The largest absolute Gasteiger partial charge is 0.490 e. The number of alkyl halides is 6. The van der Waals surface area contributed by atoms with Gasteiger partial charge in [0.05, 0.1) is 6.54 Å². The number of rotatable bonds is 5. The number of carboxylic acids is 2. The second-order valence-electron chi connectivity index (χ2n) is 7.45. The molecule has 196 valence electrons. The van der Waals surface area contributed by atoms with Crippen LogP contribution in [0.2, 0.25) is 0 Å². The number of carboxylic acid groups (broad SMARTS) is 2. The number of nitrogens with zero attached hydrogens (tertiary/aromatic N) is 4. The van der Waals surface area contributed by atoms with Gasteiger partial charge in [-0.15, -0.1) is 11.3 Å². The Morgan fingerprint density at radius 2 is 1.57 bits per heavy atom. The van der Waals surface area contributed by atoms with Crippen molar-refractivity contribution in [2.24, 2.45) is 0 Å². The summed E-state index contributed by atoms with van der Waals surface area (Å²) in [5, 5.41) is 17.5. The SMILES string of the molecule is CN(C)[C@@H]1CCN(Cc2nccs2)[C@H]1Cc1ccncc1.O=C(O)C(F)(F)F.O=C(O)C(F)(F)F. The first-order chi connectivity index (χ1) is 16.1. The number of thiazole rings is 1. The van der Waals surface area contributed by atoms with Gasteiger partial charge in [-0.25, -0.2) is 14.6 Å². The molecule has 8 nitrogen and oxygen atoms in total. The van der Waals surface area contributed by atoms with Crippen LogP contribution in [0.25, 0.3) is 0 Å². The number of carbonyl (C=O) groups is 2. The number of hydrogen-bond acceptors (Lipinski definition) is 7. The van der Waals surface area contributed by atoms with Crippen molar-refractivity contribution >= 4 is 23.3 Å². The molecule has 1 fully saturated rings. The van der Waals surface area contributed by atoms with Crippen molar-refractivity contribution in [3.8, 4) is 0 Å². The van der Waals surface area contributed by atoms with Crippen LogP contribution in [0, 0.1) is 0 Å². The highest BCUT2D eigenvalue weighted by Gasteiger charge is 2.39. The van der Waals surface area contributed by atoms with Gasteiger partial charge in [0, 0.05) is 42.6 Å². The van der Waals surface area contributed by atoms with E-state index in [1.165, 1.54) is 17.0 Å². The predicted molar refractivity (Wildman–Crippen MR) is 114 cm³/mol. The van der Waals surface area contributed by atoms with E-state index in [2.05, 4.69) is 51.4 Å². The van der Waals surface area contributed by atoms with Crippen molar-refractivity contribution in [3.63, 3.8) is 0 Å². The fraction of sp³-hybridized carbons (Fsp3) is 0.500. The van der Waals surface area contributed by atoms with Gasteiger partial charge in [-0.3, -0.25) is 9.88 Å². The minimum atomic E-state index is -5.08. The third-order valence-corrected chi connectivity index (χ3v) is 5.55. The van der Waals surface area contributed by atoms with Gasteiger partial charge in [-0.1, -0.05) is 0 Å². The topological polar surface area (TPSA) is 107 Å².